The second-order valence-corrected chi connectivity index (χ2v) is 6.92. The lowest BCUT2D eigenvalue weighted by atomic mass is 10.0. The summed E-state index contributed by atoms with van der Waals surface area (Å²) in [5.41, 5.74) is -0.218. The van der Waals surface area contributed by atoms with E-state index < -0.39 is 6.10 Å². The molecule has 0 aromatic carbocycles. The smallest absolute Gasteiger partial charge is 0.0900 e. The van der Waals surface area contributed by atoms with E-state index in [0.717, 1.165) is 6.54 Å². The highest BCUT2D eigenvalue weighted by Gasteiger charge is 2.34. The van der Waals surface area contributed by atoms with Gasteiger partial charge in [-0.25, -0.2) is 0 Å². The largest absolute Gasteiger partial charge is 0.389 e. The molecule has 4 heteroatoms. The molecule has 0 spiro atoms. The molecule has 1 fully saturated rings. The van der Waals surface area contributed by atoms with Crippen LogP contribution in [0.15, 0.2) is 0 Å². The van der Waals surface area contributed by atoms with Gasteiger partial charge in [0.1, 0.15) is 0 Å². The topological polar surface area (TPSA) is 41.9 Å². The molecule has 1 aliphatic heterocycles. The second-order valence-electron chi connectivity index (χ2n) is 6.92. The summed E-state index contributed by atoms with van der Waals surface area (Å²) in [5, 5.41) is 10.1. The van der Waals surface area contributed by atoms with E-state index in [2.05, 4.69) is 25.7 Å². The number of rotatable bonds is 4. The van der Waals surface area contributed by atoms with Gasteiger partial charge in [-0.15, -0.1) is 0 Å². The number of hydrogen-bond acceptors (Lipinski definition) is 4. The number of hydrogen-bond donors (Lipinski definition) is 1. The number of β-amino-alcohol motifs (C(OH)–C–C–N with tert-alkyl or cyclic N) is 1. The first-order valence-corrected chi connectivity index (χ1v) is 6.79. The molecule has 1 N–H and O–H groups in total. The Balaban J connectivity index is 2.44. The van der Waals surface area contributed by atoms with Gasteiger partial charge in [0.2, 0.25) is 0 Å². The Morgan fingerprint density at radius 1 is 1.44 bits per heavy atom. The first-order chi connectivity index (χ1) is 8.10. The molecule has 2 unspecified atom stereocenters. The molecular weight excluding hydrogens is 230 g/mol. The van der Waals surface area contributed by atoms with Crippen molar-refractivity contribution in [3.05, 3.63) is 0 Å². The average molecular weight is 259 g/mol. The van der Waals surface area contributed by atoms with Crippen molar-refractivity contribution in [3.8, 4) is 0 Å². The van der Waals surface area contributed by atoms with Crippen molar-refractivity contribution in [2.75, 3.05) is 26.3 Å². The highest BCUT2D eigenvalue weighted by atomic mass is 16.5. The first kappa shape index (κ1) is 15.9. The molecule has 1 heterocycles. The van der Waals surface area contributed by atoms with Crippen LogP contribution < -0.4 is 0 Å². The van der Waals surface area contributed by atoms with Gasteiger partial charge in [-0.05, 0) is 41.5 Å². The number of ether oxygens (including phenoxy) is 2. The van der Waals surface area contributed by atoms with Crippen molar-refractivity contribution in [3.63, 3.8) is 0 Å². The quantitative estimate of drug-likeness (QED) is 0.834. The predicted octanol–water partition coefficient (Wildman–Crippen LogP) is 1.66. The third kappa shape index (κ3) is 5.22. The first-order valence-electron chi connectivity index (χ1n) is 6.79. The SMILES string of the molecule is CC1CN(CC(O)COC(C)(C)C)C(C)(C)CO1. The molecule has 0 bridgehead atoms. The molecule has 1 saturated heterocycles. The average Bonchev–Trinajstić information content (AvgIpc) is 2.20. The lowest BCUT2D eigenvalue weighted by Crippen LogP contribution is -2.57. The lowest BCUT2D eigenvalue weighted by Gasteiger charge is -2.45. The van der Waals surface area contributed by atoms with Crippen LogP contribution in [0.2, 0.25) is 0 Å². The minimum atomic E-state index is -0.450. The maximum Gasteiger partial charge on any atom is 0.0900 e. The van der Waals surface area contributed by atoms with Gasteiger partial charge in [0, 0.05) is 18.6 Å². The summed E-state index contributed by atoms with van der Waals surface area (Å²) in [7, 11) is 0. The third-order valence-corrected chi connectivity index (χ3v) is 3.19. The van der Waals surface area contributed by atoms with Crippen LogP contribution >= 0.6 is 0 Å². The molecule has 0 saturated carbocycles. The molecule has 108 valence electrons. The van der Waals surface area contributed by atoms with Crippen LogP contribution in [-0.2, 0) is 9.47 Å². The summed E-state index contributed by atoms with van der Waals surface area (Å²) in [4.78, 5) is 2.29. The lowest BCUT2D eigenvalue weighted by molar-refractivity contribution is -0.115. The van der Waals surface area contributed by atoms with Gasteiger partial charge in [-0.2, -0.15) is 0 Å². The van der Waals surface area contributed by atoms with Crippen LogP contribution in [0, 0.1) is 0 Å². The van der Waals surface area contributed by atoms with Gasteiger partial charge < -0.3 is 14.6 Å². The predicted molar refractivity (Wildman–Crippen MR) is 72.8 cm³/mol. The van der Waals surface area contributed by atoms with Crippen LogP contribution in [0.3, 0.4) is 0 Å². The Morgan fingerprint density at radius 2 is 2.06 bits per heavy atom. The van der Waals surface area contributed by atoms with Crippen LogP contribution in [0.1, 0.15) is 41.5 Å². The third-order valence-electron chi connectivity index (χ3n) is 3.19. The van der Waals surface area contributed by atoms with E-state index in [-0.39, 0.29) is 17.2 Å². The van der Waals surface area contributed by atoms with E-state index >= 15 is 0 Å². The monoisotopic (exact) mass is 259 g/mol. The summed E-state index contributed by atoms with van der Waals surface area (Å²) in [6, 6.07) is 0. The van der Waals surface area contributed by atoms with Crippen molar-refractivity contribution in [1.82, 2.24) is 4.90 Å². The minimum absolute atomic E-state index is 0.0186. The maximum absolute atomic E-state index is 10.1. The molecule has 1 aliphatic rings. The second kappa shape index (κ2) is 5.87. The number of morpholine rings is 1. The highest BCUT2D eigenvalue weighted by Crippen LogP contribution is 2.22. The Labute approximate surface area is 111 Å². The Morgan fingerprint density at radius 3 is 2.61 bits per heavy atom. The fraction of sp³-hybridized carbons (Fsp3) is 1.00. The van der Waals surface area contributed by atoms with E-state index in [4.69, 9.17) is 9.47 Å². The van der Waals surface area contributed by atoms with Crippen molar-refractivity contribution >= 4 is 0 Å². The fourth-order valence-corrected chi connectivity index (χ4v) is 2.02. The summed E-state index contributed by atoms with van der Waals surface area (Å²) < 4.78 is 11.3. The van der Waals surface area contributed by atoms with Crippen molar-refractivity contribution in [2.45, 2.75) is 64.9 Å². The van der Waals surface area contributed by atoms with Gasteiger partial charge >= 0.3 is 0 Å². The van der Waals surface area contributed by atoms with E-state index in [1.165, 1.54) is 0 Å². The van der Waals surface area contributed by atoms with Gasteiger partial charge in [0.15, 0.2) is 0 Å². The van der Waals surface area contributed by atoms with E-state index in [1.54, 1.807) is 0 Å². The van der Waals surface area contributed by atoms with Gasteiger partial charge in [0.25, 0.3) is 0 Å². The van der Waals surface area contributed by atoms with E-state index in [0.29, 0.717) is 19.8 Å². The number of aliphatic hydroxyl groups is 1. The summed E-state index contributed by atoms with van der Waals surface area (Å²) >= 11 is 0. The molecule has 0 aromatic heterocycles. The summed E-state index contributed by atoms with van der Waals surface area (Å²) in [6.45, 7) is 15.0. The zero-order valence-electron chi connectivity index (χ0n) is 12.7. The fourth-order valence-electron chi connectivity index (χ4n) is 2.02. The van der Waals surface area contributed by atoms with Crippen LogP contribution in [-0.4, -0.2) is 59.7 Å². The summed E-state index contributed by atoms with van der Waals surface area (Å²) in [6.07, 6.45) is -0.220. The highest BCUT2D eigenvalue weighted by molar-refractivity contribution is 4.88. The van der Waals surface area contributed by atoms with Crippen LogP contribution in [0.4, 0.5) is 0 Å². The van der Waals surface area contributed by atoms with Gasteiger partial charge in [-0.1, -0.05) is 0 Å². The van der Waals surface area contributed by atoms with Gasteiger partial charge in [0.05, 0.1) is 31.0 Å². The van der Waals surface area contributed by atoms with Crippen molar-refractivity contribution < 1.29 is 14.6 Å². The standard InChI is InChI=1S/C14H29NO3/c1-11-7-15(14(5,6)10-17-11)8-12(16)9-18-13(2,3)4/h11-12,16H,7-10H2,1-6H3. The minimum Gasteiger partial charge on any atom is -0.389 e. The van der Waals surface area contributed by atoms with Crippen molar-refractivity contribution in [1.29, 1.82) is 0 Å². The zero-order valence-corrected chi connectivity index (χ0v) is 12.7. The molecule has 4 nitrogen and oxygen atoms in total. The van der Waals surface area contributed by atoms with Crippen molar-refractivity contribution in [2.24, 2.45) is 0 Å². The van der Waals surface area contributed by atoms with E-state index in [9.17, 15) is 5.11 Å². The molecular formula is C14H29NO3. The Bertz CT molecular complexity index is 260. The Kier molecular flexibility index (Phi) is 5.18. The Hall–Kier alpha value is -0.160. The summed E-state index contributed by atoms with van der Waals surface area (Å²) in [5.74, 6) is 0. The molecule has 0 aromatic rings. The normalized spacial score (nSPS) is 27.2. The van der Waals surface area contributed by atoms with E-state index in [1.807, 2.05) is 20.8 Å². The van der Waals surface area contributed by atoms with Gasteiger partial charge in [-0.3, -0.25) is 4.90 Å². The molecule has 18 heavy (non-hydrogen) atoms. The number of nitrogens with zero attached hydrogens (tertiary/aromatic N) is 1. The maximum atomic E-state index is 10.1. The zero-order chi connectivity index (χ0) is 14.0. The molecule has 0 amide bonds. The van der Waals surface area contributed by atoms with Crippen LogP contribution in [0.5, 0.6) is 0 Å². The molecule has 2 atom stereocenters. The molecule has 0 aliphatic carbocycles. The molecule has 0 radical (unpaired) electrons. The number of aliphatic hydroxyl groups excluding tert-OH is 1. The van der Waals surface area contributed by atoms with Crippen LogP contribution in [0.25, 0.3) is 0 Å². The molecule has 1 rings (SSSR count).